The van der Waals surface area contributed by atoms with E-state index in [-0.39, 0.29) is 29.5 Å². The summed E-state index contributed by atoms with van der Waals surface area (Å²) in [6.45, 7) is 4.95. The van der Waals surface area contributed by atoms with Gasteiger partial charge in [-0.25, -0.2) is 4.39 Å². The number of likely N-dealkylation sites (tertiary alicyclic amines) is 1. The number of amides is 2. The molecule has 38 heavy (non-hydrogen) atoms. The van der Waals surface area contributed by atoms with Crippen LogP contribution in [-0.4, -0.2) is 60.9 Å². The lowest BCUT2D eigenvalue weighted by Gasteiger charge is -2.50. The lowest BCUT2D eigenvalue weighted by atomic mass is 9.51. The topological polar surface area (TPSA) is 43.9 Å². The van der Waals surface area contributed by atoms with Crippen molar-refractivity contribution in [3.05, 3.63) is 101 Å². The van der Waals surface area contributed by atoms with E-state index >= 15 is 0 Å². The largest absolute Gasteiger partial charge is 0.369 e. The van der Waals surface area contributed by atoms with Gasteiger partial charge in [0.2, 0.25) is 11.8 Å². The number of carbonyl (C=O) groups is 2. The first-order valence-corrected chi connectivity index (χ1v) is 13.8. The maximum atomic E-state index is 14.1. The van der Waals surface area contributed by atoms with Gasteiger partial charge in [-0.2, -0.15) is 0 Å². The Balaban J connectivity index is 1.03. The number of rotatable bonds is 5. The SMILES string of the molecule is O=C1CC2(CC3c4ccccc4C2c2ccccc23)C(=O)N1CCCN1CCN(c2ccc(F)cc2)CC1. The fourth-order valence-corrected chi connectivity index (χ4v) is 7.58. The highest BCUT2D eigenvalue weighted by molar-refractivity contribution is 6.07. The maximum Gasteiger partial charge on any atom is 0.236 e. The Hall–Kier alpha value is -3.51. The molecule has 0 aromatic heterocycles. The van der Waals surface area contributed by atoms with Crippen LogP contribution >= 0.6 is 0 Å². The summed E-state index contributed by atoms with van der Waals surface area (Å²) in [6, 6.07) is 23.7. The van der Waals surface area contributed by atoms with Gasteiger partial charge >= 0.3 is 0 Å². The van der Waals surface area contributed by atoms with E-state index < -0.39 is 5.41 Å². The van der Waals surface area contributed by atoms with Crippen molar-refractivity contribution in [2.75, 3.05) is 44.2 Å². The molecule has 2 aliphatic heterocycles. The van der Waals surface area contributed by atoms with Crippen LogP contribution in [0.5, 0.6) is 0 Å². The number of anilines is 1. The average Bonchev–Trinajstić information content (AvgIpc) is 3.18. The maximum absolute atomic E-state index is 14.1. The van der Waals surface area contributed by atoms with Crippen molar-refractivity contribution in [1.82, 2.24) is 9.80 Å². The fraction of sp³-hybridized carbons (Fsp3) is 0.375. The number of benzene rings is 3. The molecule has 0 radical (unpaired) electrons. The number of nitrogens with zero attached hydrogens (tertiary/aromatic N) is 3. The third-order valence-corrected chi connectivity index (χ3v) is 9.34. The second-order valence-corrected chi connectivity index (χ2v) is 11.3. The quantitative estimate of drug-likeness (QED) is 0.465. The fourth-order valence-electron chi connectivity index (χ4n) is 7.58. The van der Waals surface area contributed by atoms with Crippen LogP contribution in [0.3, 0.4) is 0 Å². The van der Waals surface area contributed by atoms with E-state index in [0.29, 0.717) is 13.0 Å². The van der Waals surface area contributed by atoms with Crippen LogP contribution in [0.25, 0.3) is 0 Å². The molecular formula is C32H32FN3O2. The third kappa shape index (κ3) is 3.61. The van der Waals surface area contributed by atoms with E-state index in [1.807, 2.05) is 12.1 Å². The Morgan fingerprint density at radius 2 is 1.37 bits per heavy atom. The highest BCUT2D eigenvalue weighted by Crippen LogP contribution is 2.64. The molecule has 1 spiro atoms. The molecule has 1 atom stereocenters. The number of piperazine rings is 1. The molecule has 1 unspecified atom stereocenters. The Labute approximate surface area is 222 Å². The standard InChI is InChI=1S/C32H32FN3O2/c33-22-10-12-23(13-11-22)35-18-16-34(17-19-35)14-5-15-36-29(37)21-32(31(36)38)20-28-24-6-1-3-8-26(24)30(32)27-9-4-2-7-25(27)28/h1-4,6-13,28,30H,5,14-21H2. The number of hydrogen-bond acceptors (Lipinski definition) is 4. The Kier molecular flexibility index (Phi) is 5.62. The highest BCUT2D eigenvalue weighted by atomic mass is 19.1. The second-order valence-electron chi connectivity index (χ2n) is 11.3. The van der Waals surface area contributed by atoms with Gasteiger partial charge in [-0.15, -0.1) is 0 Å². The summed E-state index contributed by atoms with van der Waals surface area (Å²) in [6.07, 6.45) is 1.81. The van der Waals surface area contributed by atoms with Gasteiger partial charge < -0.3 is 4.90 Å². The van der Waals surface area contributed by atoms with Crippen LogP contribution in [0.15, 0.2) is 72.8 Å². The van der Waals surface area contributed by atoms with Gasteiger partial charge in [0.1, 0.15) is 5.82 Å². The normalized spacial score (nSPS) is 26.2. The number of hydrogen-bond donors (Lipinski definition) is 0. The van der Waals surface area contributed by atoms with E-state index in [4.69, 9.17) is 0 Å². The molecule has 2 fully saturated rings. The van der Waals surface area contributed by atoms with Gasteiger partial charge in [0.25, 0.3) is 0 Å². The molecule has 194 valence electrons. The van der Waals surface area contributed by atoms with Crippen molar-refractivity contribution < 1.29 is 14.0 Å². The molecule has 5 nitrogen and oxygen atoms in total. The van der Waals surface area contributed by atoms with Gasteiger partial charge in [-0.3, -0.25) is 19.4 Å². The van der Waals surface area contributed by atoms with Crippen LogP contribution in [-0.2, 0) is 9.59 Å². The summed E-state index contributed by atoms with van der Waals surface area (Å²) < 4.78 is 13.3. The van der Waals surface area contributed by atoms with Crippen molar-refractivity contribution in [1.29, 1.82) is 0 Å². The van der Waals surface area contributed by atoms with Gasteiger partial charge in [0.05, 0.1) is 5.41 Å². The van der Waals surface area contributed by atoms with Crippen molar-refractivity contribution in [2.24, 2.45) is 5.41 Å². The first-order chi connectivity index (χ1) is 18.5. The lowest BCUT2D eigenvalue weighted by molar-refractivity contribution is -0.142. The van der Waals surface area contributed by atoms with Gasteiger partial charge in [-0.05, 0) is 65.9 Å². The van der Waals surface area contributed by atoms with E-state index in [0.717, 1.165) is 51.3 Å². The molecule has 0 N–H and O–H groups in total. The molecule has 2 bridgehead atoms. The van der Waals surface area contributed by atoms with Crippen molar-refractivity contribution in [3.8, 4) is 0 Å². The number of imide groups is 1. The van der Waals surface area contributed by atoms with Crippen LogP contribution in [0.2, 0.25) is 0 Å². The predicted octanol–water partition coefficient (Wildman–Crippen LogP) is 4.76. The summed E-state index contributed by atoms with van der Waals surface area (Å²) in [7, 11) is 0. The van der Waals surface area contributed by atoms with Crippen molar-refractivity contribution in [3.63, 3.8) is 0 Å². The average molecular weight is 510 g/mol. The summed E-state index contributed by atoms with van der Waals surface area (Å²) in [5.74, 6) is -0.0849. The summed E-state index contributed by atoms with van der Waals surface area (Å²) >= 11 is 0. The van der Waals surface area contributed by atoms with Crippen LogP contribution in [0, 0.1) is 11.2 Å². The zero-order valence-electron chi connectivity index (χ0n) is 21.5. The molecule has 6 heteroatoms. The summed E-state index contributed by atoms with van der Waals surface area (Å²) in [5, 5.41) is 0. The molecule has 3 aromatic carbocycles. The molecule has 2 heterocycles. The Morgan fingerprint density at radius 3 is 2.00 bits per heavy atom. The minimum atomic E-state index is -0.661. The molecule has 2 amide bonds. The van der Waals surface area contributed by atoms with Crippen molar-refractivity contribution in [2.45, 2.75) is 31.1 Å². The molecule has 0 saturated carbocycles. The minimum absolute atomic E-state index is 0.0151. The summed E-state index contributed by atoms with van der Waals surface area (Å²) in [4.78, 5) is 33.6. The van der Waals surface area contributed by atoms with Gasteiger partial charge in [0, 0.05) is 56.7 Å². The monoisotopic (exact) mass is 509 g/mol. The minimum Gasteiger partial charge on any atom is -0.369 e. The molecule has 3 aromatic rings. The first-order valence-electron chi connectivity index (χ1n) is 13.8. The van der Waals surface area contributed by atoms with Crippen molar-refractivity contribution >= 4 is 17.5 Å². The smallest absolute Gasteiger partial charge is 0.236 e. The highest BCUT2D eigenvalue weighted by Gasteiger charge is 2.62. The van der Waals surface area contributed by atoms with Gasteiger partial charge in [-0.1, -0.05) is 48.5 Å². The van der Waals surface area contributed by atoms with E-state index in [1.165, 1.54) is 34.4 Å². The molecular weight excluding hydrogens is 477 g/mol. The number of halogens is 1. The molecule has 8 rings (SSSR count). The van der Waals surface area contributed by atoms with Crippen LogP contribution in [0.1, 0.15) is 53.4 Å². The van der Waals surface area contributed by atoms with Crippen LogP contribution in [0.4, 0.5) is 10.1 Å². The van der Waals surface area contributed by atoms with E-state index in [2.05, 4.69) is 58.3 Å². The lowest BCUT2D eigenvalue weighted by Crippen LogP contribution is -2.48. The van der Waals surface area contributed by atoms with E-state index in [1.54, 1.807) is 4.90 Å². The third-order valence-electron chi connectivity index (χ3n) is 9.34. The Bertz CT molecular complexity index is 1350. The molecule has 5 aliphatic rings. The predicted molar refractivity (Wildman–Crippen MR) is 145 cm³/mol. The Morgan fingerprint density at radius 1 is 0.763 bits per heavy atom. The van der Waals surface area contributed by atoms with Gasteiger partial charge in [0.15, 0.2) is 0 Å². The first kappa shape index (κ1) is 23.6. The zero-order valence-corrected chi connectivity index (χ0v) is 21.5. The van der Waals surface area contributed by atoms with E-state index in [9.17, 15) is 14.0 Å². The zero-order chi connectivity index (χ0) is 25.9. The summed E-state index contributed by atoms with van der Waals surface area (Å²) in [5.41, 5.74) is 5.48. The van der Waals surface area contributed by atoms with Crippen LogP contribution < -0.4 is 4.90 Å². The second kappa shape index (κ2) is 9.05. The molecule has 2 saturated heterocycles. The number of carbonyl (C=O) groups excluding carboxylic acids is 2. The molecule has 3 aliphatic carbocycles.